The predicted molar refractivity (Wildman–Crippen MR) is 115 cm³/mol. The second kappa shape index (κ2) is 10.1. The van der Waals surface area contributed by atoms with E-state index in [9.17, 15) is 37.1 Å². The molecule has 0 aromatic carbocycles. The van der Waals surface area contributed by atoms with Gasteiger partial charge in [-0.3, -0.25) is 24.0 Å². The Morgan fingerprint density at radius 3 is 2.12 bits per heavy atom. The van der Waals surface area contributed by atoms with Crippen LogP contribution in [0.15, 0.2) is 12.7 Å². The molecule has 190 valence electrons. The van der Waals surface area contributed by atoms with E-state index in [0.717, 1.165) is 17.7 Å². The van der Waals surface area contributed by atoms with Crippen molar-refractivity contribution in [1.29, 1.82) is 0 Å². The SMILES string of the molecule is C=C[C@H]1CCN(C(=O)[C@@H](NC(=O)C(F)(F)F)C(C)(C)C)[C@@H]1C(=O)NC(CC1CC1)C(=O)C(N)=O. The fourth-order valence-corrected chi connectivity index (χ4v) is 4.02. The van der Waals surface area contributed by atoms with Crippen molar-refractivity contribution < 1.29 is 37.1 Å². The Kier molecular flexibility index (Phi) is 8.15. The van der Waals surface area contributed by atoms with E-state index in [4.69, 9.17) is 5.73 Å². The first-order valence-corrected chi connectivity index (χ1v) is 11.0. The van der Waals surface area contributed by atoms with E-state index < -0.39 is 65.0 Å². The maximum absolute atomic E-state index is 13.3. The van der Waals surface area contributed by atoms with Gasteiger partial charge in [0, 0.05) is 12.5 Å². The number of carbonyl (C=O) groups is 5. The van der Waals surface area contributed by atoms with Crippen molar-refractivity contribution in [3.05, 3.63) is 12.7 Å². The summed E-state index contributed by atoms with van der Waals surface area (Å²) in [5.41, 5.74) is 4.00. The van der Waals surface area contributed by atoms with Crippen molar-refractivity contribution in [2.75, 3.05) is 6.54 Å². The zero-order valence-electron chi connectivity index (χ0n) is 19.4. The standard InChI is InChI=1S/C22H31F3N4O5/c1-5-12-8-9-29(19(33)16(21(2,3)4)28-20(34)22(23,24)25)14(12)18(32)27-13(10-11-6-7-11)15(30)17(26)31/h5,11-14,16H,1,6-10H2,2-4H3,(H2,26,31)(H,27,32)(H,28,34)/t12-,13?,14-,16+/m0/s1. The molecule has 4 N–H and O–H groups in total. The maximum atomic E-state index is 13.3. The van der Waals surface area contributed by atoms with Crippen LogP contribution in [0, 0.1) is 17.3 Å². The lowest BCUT2D eigenvalue weighted by molar-refractivity contribution is -0.176. The van der Waals surface area contributed by atoms with Gasteiger partial charge in [0.05, 0.1) is 6.04 Å². The third kappa shape index (κ3) is 6.57. The van der Waals surface area contributed by atoms with Gasteiger partial charge in [-0.15, -0.1) is 6.58 Å². The van der Waals surface area contributed by atoms with Crippen molar-refractivity contribution in [1.82, 2.24) is 15.5 Å². The van der Waals surface area contributed by atoms with Crippen molar-refractivity contribution in [2.24, 2.45) is 23.0 Å². The fraction of sp³-hybridized carbons (Fsp3) is 0.682. The number of hydrogen-bond donors (Lipinski definition) is 3. The van der Waals surface area contributed by atoms with Gasteiger partial charge in [0.1, 0.15) is 12.1 Å². The van der Waals surface area contributed by atoms with Gasteiger partial charge in [-0.2, -0.15) is 13.2 Å². The van der Waals surface area contributed by atoms with Crippen LogP contribution in [0.2, 0.25) is 0 Å². The Hall–Kier alpha value is -2.92. The smallest absolute Gasteiger partial charge is 0.363 e. The molecule has 1 unspecified atom stereocenters. The molecule has 1 saturated carbocycles. The zero-order valence-corrected chi connectivity index (χ0v) is 19.4. The average Bonchev–Trinajstić information content (AvgIpc) is 3.42. The summed E-state index contributed by atoms with van der Waals surface area (Å²) in [5, 5.41) is 4.25. The van der Waals surface area contributed by atoms with Crippen LogP contribution in [0.5, 0.6) is 0 Å². The first kappa shape index (κ1) is 27.3. The molecule has 34 heavy (non-hydrogen) atoms. The fourth-order valence-electron chi connectivity index (χ4n) is 4.02. The predicted octanol–water partition coefficient (Wildman–Crippen LogP) is 0.822. The highest BCUT2D eigenvalue weighted by Gasteiger charge is 2.48. The van der Waals surface area contributed by atoms with E-state index >= 15 is 0 Å². The van der Waals surface area contributed by atoms with Crippen LogP contribution in [0.3, 0.4) is 0 Å². The van der Waals surface area contributed by atoms with Crippen LogP contribution < -0.4 is 16.4 Å². The third-order valence-electron chi connectivity index (χ3n) is 6.09. The van der Waals surface area contributed by atoms with E-state index in [0.29, 0.717) is 6.42 Å². The molecule has 0 aromatic heterocycles. The molecule has 1 heterocycles. The number of nitrogens with zero attached hydrogens (tertiary/aromatic N) is 1. The Morgan fingerprint density at radius 1 is 1.09 bits per heavy atom. The monoisotopic (exact) mass is 488 g/mol. The quantitative estimate of drug-likeness (QED) is 0.326. The Morgan fingerprint density at radius 2 is 1.68 bits per heavy atom. The van der Waals surface area contributed by atoms with Gasteiger partial charge in [0.25, 0.3) is 5.91 Å². The highest BCUT2D eigenvalue weighted by atomic mass is 19.4. The third-order valence-corrected chi connectivity index (χ3v) is 6.09. The molecule has 1 aliphatic carbocycles. The normalized spacial score (nSPS) is 22.5. The molecule has 2 fully saturated rings. The second-order valence-electron chi connectivity index (χ2n) is 9.90. The molecule has 0 aromatic rings. The van der Waals surface area contributed by atoms with Gasteiger partial charge < -0.3 is 21.3 Å². The molecule has 0 bridgehead atoms. The molecular weight excluding hydrogens is 457 g/mol. The molecular formula is C22H31F3N4O5. The molecule has 1 saturated heterocycles. The van der Waals surface area contributed by atoms with Crippen LogP contribution in [0.4, 0.5) is 13.2 Å². The number of halogens is 3. The Balaban J connectivity index is 2.30. The topological polar surface area (TPSA) is 139 Å². The van der Waals surface area contributed by atoms with Crippen molar-refractivity contribution >= 4 is 29.4 Å². The minimum absolute atomic E-state index is 0.0269. The first-order chi connectivity index (χ1) is 15.6. The Bertz CT molecular complexity index is 864. The van der Waals surface area contributed by atoms with E-state index in [-0.39, 0.29) is 18.9 Å². The summed E-state index contributed by atoms with van der Waals surface area (Å²) >= 11 is 0. The number of Topliss-reactive ketones (excluding diaryl/α,β-unsaturated/α-hetero) is 1. The summed E-state index contributed by atoms with van der Waals surface area (Å²) in [6.07, 6.45) is -1.54. The number of ketones is 1. The first-order valence-electron chi connectivity index (χ1n) is 11.0. The van der Waals surface area contributed by atoms with Gasteiger partial charge in [0.2, 0.25) is 17.6 Å². The van der Waals surface area contributed by atoms with Gasteiger partial charge >= 0.3 is 12.1 Å². The van der Waals surface area contributed by atoms with Gasteiger partial charge in [-0.05, 0) is 24.2 Å². The lowest BCUT2D eigenvalue weighted by Gasteiger charge is -2.36. The van der Waals surface area contributed by atoms with Crippen molar-refractivity contribution in [3.63, 3.8) is 0 Å². The summed E-state index contributed by atoms with van der Waals surface area (Å²) in [7, 11) is 0. The molecule has 0 radical (unpaired) electrons. The maximum Gasteiger partial charge on any atom is 0.471 e. The number of alkyl halides is 3. The van der Waals surface area contributed by atoms with Crippen molar-refractivity contribution in [3.8, 4) is 0 Å². The second-order valence-corrected chi connectivity index (χ2v) is 9.90. The minimum atomic E-state index is -5.19. The van der Waals surface area contributed by atoms with E-state index in [1.807, 2.05) is 0 Å². The number of primary amides is 1. The largest absolute Gasteiger partial charge is 0.471 e. The summed E-state index contributed by atoms with van der Waals surface area (Å²) in [5.74, 6) is -6.43. The number of likely N-dealkylation sites (tertiary alicyclic amines) is 1. The van der Waals surface area contributed by atoms with E-state index in [2.05, 4.69) is 11.9 Å². The van der Waals surface area contributed by atoms with E-state index in [1.54, 1.807) is 5.32 Å². The molecule has 2 aliphatic rings. The summed E-state index contributed by atoms with van der Waals surface area (Å²) in [6.45, 7) is 8.15. The van der Waals surface area contributed by atoms with Crippen LogP contribution in [0.25, 0.3) is 0 Å². The lowest BCUT2D eigenvalue weighted by Crippen LogP contribution is -2.60. The zero-order chi connectivity index (χ0) is 26.0. The molecule has 2 rings (SSSR count). The van der Waals surface area contributed by atoms with Gasteiger partial charge in [-0.1, -0.05) is 39.7 Å². The average molecular weight is 489 g/mol. The molecule has 0 spiro atoms. The molecule has 4 amide bonds. The molecule has 12 heteroatoms. The number of rotatable bonds is 9. The number of hydrogen-bond acceptors (Lipinski definition) is 5. The Labute approximate surface area is 195 Å². The van der Waals surface area contributed by atoms with E-state index in [1.165, 1.54) is 26.8 Å². The number of nitrogens with one attached hydrogen (secondary N) is 2. The number of amides is 4. The highest BCUT2D eigenvalue weighted by Crippen LogP contribution is 2.34. The van der Waals surface area contributed by atoms with Crippen LogP contribution >= 0.6 is 0 Å². The number of nitrogens with two attached hydrogens (primary N) is 1. The molecule has 4 atom stereocenters. The van der Waals surface area contributed by atoms with Crippen LogP contribution in [-0.4, -0.2) is 65.2 Å². The van der Waals surface area contributed by atoms with Crippen LogP contribution in [0.1, 0.15) is 46.5 Å². The van der Waals surface area contributed by atoms with Crippen molar-refractivity contribution in [2.45, 2.75) is 70.8 Å². The highest BCUT2D eigenvalue weighted by molar-refractivity contribution is 6.37. The van der Waals surface area contributed by atoms with Gasteiger partial charge in [0.15, 0.2) is 0 Å². The molecule has 1 aliphatic heterocycles. The summed E-state index contributed by atoms with van der Waals surface area (Å²) in [6, 6.07) is -3.92. The summed E-state index contributed by atoms with van der Waals surface area (Å²) in [4.78, 5) is 62.9. The van der Waals surface area contributed by atoms with Crippen LogP contribution in [-0.2, 0) is 24.0 Å². The number of carbonyl (C=O) groups excluding carboxylic acids is 5. The minimum Gasteiger partial charge on any atom is -0.363 e. The van der Waals surface area contributed by atoms with Gasteiger partial charge in [-0.25, -0.2) is 0 Å². The molecule has 9 nitrogen and oxygen atoms in total. The summed E-state index contributed by atoms with van der Waals surface area (Å²) < 4.78 is 38.6. The lowest BCUT2D eigenvalue weighted by atomic mass is 9.85.